The van der Waals surface area contributed by atoms with Crippen molar-refractivity contribution in [2.24, 2.45) is 0 Å². The monoisotopic (exact) mass is 487 g/mol. The number of carbonyl (C=O) groups is 1. The summed E-state index contributed by atoms with van der Waals surface area (Å²) >= 11 is 0. The Morgan fingerprint density at radius 3 is 2.31 bits per heavy atom. The zero-order valence-corrected chi connectivity index (χ0v) is 18.8. The van der Waals surface area contributed by atoms with Gasteiger partial charge in [-0.05, 0) is 47.9 Å². The molecule has 0 spiro atoms. The Hall–Kier alpha value is -3.95. The predicted octanol–water partition coefficient (Wildman–Crippen LogP) is 5.63. The highest BCUT2D eigenvalue weighted by atomic mass is 19.4. The molecule has 0 radical (unpaired) electrons. The molecule has 6 nitrogen and oxygen atoms in total. The first kappa shape index (κ1) is 24.2. The molecule has 3 aromatic carbocycles. The minimum absolute atomic E-state index is 0.0370. The number of hydrogen-bond acceptors (Lipinski definition) is 4. The van der Waals surface area contributed by atoms with E-state index in [1.807, 2.05) is 0 Å². The predicted molar refractivity (Wildman–Crippen MR) is 120 cm³/mol. The summed E-state index contributed by atoms with van der Waals surface area (Å²) in [5.41, 5.74) is -0.678. The van der Waals surface area contributed by atoms with Crippen molar-refractivity contribution in [3.63, 3.8) is 0 Å². The van der Waals surface area contributed by atoms with E-state index in [1.165, 1.54) is 24.3 Å². The number of rotatable bonds is 6. The molecule has 182 valence electrons. The minimum Gasteiger partial charge on any atom is -0.505 e. The molecule has 0 fully saturated rings. The molecule has 2 N–H and O–H groups in total. The number of alkyl halides is 3. The summed E-state index contributed by atoms with van der Waals surface area (Å²) in [5, 5.41) is 28.7. The number of aliphatic carboxylic acids is 1. The van der Waals surface area contributed by atoms with Gasteiger partial charge in [-0.15, -0.1) is 15.0 Å². The second-order valence-electron chi connectivity index (χ2n) is 8.70. The SMILES string of the molecule is CC(C)(c1ccccc1F)c1cc(CCC(=O)O)cc(-n2nc3ccc(C(F)(F)F)cc3n2)c1O. The van der Waals surface area contributed by atoms with Gasteiger partial charge < -0.3 is 10.2 Å². The van der Waals surface area contributed by atoms with Crippen molar-refractivity contribution in [3.05, 3.63) is 82.7 Å². The van der Waals surface area contributed by atoms with Crippen molar-refractivity contribution in [1.82, 2.24) is 15.0 Å². The molecular formula is C25H21F4N3O3. The van der Waals surface area contributed by atoms with Crippen LogP contribution in [-0.4, -0.2) is 31.2 Å². The third-order valence-electron chi connectivity index (χ3n) is 5.92. The van der Waals surface area contributed by atoms with Gasteiger partial charge >= 0.3 is 12.1 Å². The van der Waals surface area contributed by atoms with Crippen LogP contribution in [0.5, 0.6) is 5.75 Å². The van der Waals surface area contributed by atoms with E-state index in [9.17, 15) is 27.5 Å². The Bertz CT molecular complexity index is 1430. The summed E-state index contributed by atoms with van der Waals surface area (Å²) in [6.07, 6.45) is -4.66. The number of carboxylic acids is 1. The van der Waals surface area contributed by atoms with Gasteiger partial charge in [-0.3, -0.25) is 4.79 Å². The van der Waals surface area contributed by atoms with E-state index in [-0.39, 0.29) is 40.9 Å². The molecule has 0 unspecified atom stereocenters. The van der Waals surface area contributed by atoms with Crippen LogP contribution in [0.3, 0.4) is 0 Å². The standard InChI is InChI=1S/C25H21F4N3O3/c1-24(2,16-5-3-4-6-18(16)26)17-11-14(7-10-22(33)34)12-21(23(17)35)32-30-19-9-8-15(25(27,28)29)13-20(19)31-32/h3-6,8-9,11-13,35H,7,10H2,1-2H3,(H,33,34). The number of hydrogen-bond donors (Lipinski definition) is 2. The number of phenolic OH excluding ortho intramolecular Hbond substituents is 1. The fraction of sp³-hybridized carbons (Fsp3) is 0.240. The lowest BCUT2D eigenvalue weighted by atomic mass is 9.76. The third-order valence-corrected chi connectivity index (χ3v) is 5.92. The van der Waals surface area contributed by atoms with Crippen LogP contribution in [-0.2, 0) is 22.8 Å². The van der Waals surface area contributed by atoms with Crippen LogP contribution in [0.2, 0.25) is 0 Å². The average molecular weight is 487 g/mol. The maximum absolute atomic E-state index is 14.7. The average Bonchev–Trinajstić information content (AvgIpc) is 3.21. The molecule has 0 amide bonds. The van der Waals surface area contributed by atoms with E-state index < -0.39 is 28.9 Å². The van der Waals surface area contributed by atoms with E-state index in [1.54, 1.807) is 32.0 Å². The molecule has 4 rings (SSSR count). The fourth-order valence-corrected chi connectivity index (χ4v) is 4.01. The number of aryl methyl sites for hydroxylation is 1. The van der Waals surface area contributed by atoms with Gasteiger partial charge in [0.2, 0.25) is 0 Å². The van der Waals surface area contributed by atoms with E-state index >= 15 is 0 Å². The molecule has 0 bridgehead atoms. The van der Waals surface area contributed by atoms with Crippen LogP contribution in [0.1, 0.15) is 42.5 Å². The quantitative estimate of drug-likeness (QED) is 0.345. The minimum atomic E-state index is -4.56. The maximum Gasteiger partial charge on any atom is 0.416 e. The number of nitrogens with zero attached hydrogens (tertiary/aromatic N) is 3. The second-order valence-corrected chi connectivity index (χ2v) is 8.70. The lowest BCUT2D eigenvalue weighted by Crippen LogP contribution is -2.22. The molecule has 4 aromatic rings. The van der Waals surface area contributed by atoms with Crippen LogP contribution >= 0.6 is 0 Å². The van der Waals surface area contributed by atoms with Crippen molar-refractivity contribution in [1.29, 1.82) is 0 Å². The largest absolute Gasteiger partial charge is 0.505 e. The van der Waals surface area contributed by atoms with Gasteiger partial charge in [0, 0.05) is 17.4 Å². The van der Waals surface area contributed by atoms with Crippen LogP contribution in [0.25, 0.3) is 16.7 Å². The van der Waals surface area contributed by atoms with E-state index in [4.69, 9.17) is 5.11 Å². The second kappa shape index (κ2) is 8.68. The number of aromatic hydroxyl groups is 1. The number of carboxylic acid groups (broad SMARTS) is 1. The van der Waals surface area contributed by atoms with E-state index in [0.717, 1.165) is 16.9 Å². The van der Waals surface area contributed by atoms with Crippen LogP contribution in [0.4, 0.5) is 17.6 Å². The Morgan fingerprint density at radius 2 is 1.66 bits per heavy atom. The number of fused-ring (bicyclic) bond motifs is 1. The van der Waals surface area contributed by atoms with Crippen molar-refractivity contribution < 1.29 is 32.6 Å². The van der Waals surface area contributed by atoms with Gasteiger partial charge in [0.25, 0.3) is 0 Å². The number of halogens is 4. The van der Waals surface area contributed by atoms with Crippen molar-refractivity contribution in [2.45, 2.75) is 38.3 Å². The molecule has 0 atom stereocenters. The third kappa shape index (κ3) is 4.68. The first-order valence-electron chi connectivity index (χ1n) is 10.7. The lowest BCUT2D eigenvalue weighted by molar-refractivity contribution is -0.138. The van der Waals surface area contributed by atoms with Crippen molar-refractivity contribution >= 4 is 17.0 Å². The molecule has 0 saturated carbocycles. The van der Waals surface area contributed by atoms with Crippen LogP contribution < -0.4 is 0 Å². The molecule has 0 aliphatic rings. The molecule has 0 aliphatic carbocycles. The summed E-state index contributed by atoms with van der Waals surface area (Å²) in [6, 6.07) is 12.1. The van der Waals surface area contributed by atoms with E-state index in [2.05, 4.69) is 10.2 Å². The van der Waals surface area contributed by atoms with Gasteiger partial charge in [-0.2, -0.15) is 13.2 Å². The van der Waals surface area contributed by atoms with Gasteiger partial charge in [0.1, 0.15) is 28.3 Å². The topological polar surface area (TPSA) is 88.2 Å². The summed E-state index contributed by atoms with van der Waals surface area (Å²) in [4.78, 5) is 12.2. The Balaban J connectivity index is 1.91. The zero-order valence-electron chi connectivity index (χ0n) is 18.8. The van der Waals surface area contributed by atoms with Crippen molar-refractivity contribution in [2.75, 3.05) is 0 Å². The van der Waals surface area contributed by atoms with Crippen LogP contribution in [0, 0.1) is 5.82 Å². The summed E-state index contributed by atoms with van der Waals surface area (Å²) in [7, 11) is 0. The molecule has 1 aromatic heterocycles. The summed E-state index contributed by atoms with van der Waals surface area (Å²) < 4.78 is 54.0. The first-order valence-corrected chi connectivity index (χ1v) is 10.7. The van der Waals surface area contributed by atoms with Crippen molar-refractivity contribution in [3.8, 4) is 11.4 Å². The smallest absolute Gasteiger partial charge is 0.416 e. The molecule has 1 heterocycles. The normalized spacial score (nSPS) is 12.3. The highest BCUT2D eigenvalue weighted by molar-refractivity contribution is 5.75. The Kier molecular flexibility index (Phi) is 6.00. The van der Waals surface area contributed by atoms with Gasteiger partial charge in [0.15, 0.2) is 0 Å². The highest BCUT2D eigenvalue weighted by Gasteiger charge is 2.32. The maximum atomic E-state index is 14.7. The molecular weight excluding hydrogens is 466 g/mol. The summed E-state index contributed by atoms with van der Waals surface area (Å²) in [6.45, 7) is 3.40. The zero-order chi connectivity index (χ0) is 25.5. The van der Waals surface area contributed by atoms with Crippen LogP contribution in [0.15, 0.2) is 54.6 Å². The number of phenols is 1. The fourth-order valence-electron chi connectivity index (χ4n) is 4.01. The highest BCUT2D eigenvalue weighted by Crippen LogP contribution is 2.41. The number of benzene rings is 3. The molecule has 0 aliphatic heterocycles. The lowest BCUT2D eigenvalue weighted by Gasteiger charge is -2.28. The number of aromatic nitrogens is 3. The molecule has 10 heteroatoms. The van der Waals surface area contributed by atoms with Gasteiger partial charge in [-0.1, -0.05) is 38.1 Å². The Morgan fingerprint density at radius 1 is 0.971 bits per heavy atom. The van der Waals surface area contributed by atoms with Gasteiger partial charge in [-0.25, -0.2) is 4.39 Å². The first-order chi connectivity index (χ1) is 16.4. The van der Waals surface area contributed by atoms with Gasteiger partial charge in [0.05, 0.1) is 5.56 Å². The summed E-state index contributed by atoms with van der Waals surface area (Å²) in [5.74, 6) is -1.82. The molecule has 0 saturated heterocycles. The Labute approximate surface area is 197 Å². The molecule has 35 heavy (non-hydrogen) atoms. The van der Waals surface area contributed by atoms with E-state index in [0.29, 0.717) is 11.1 Å².